The van der Waals surface area contributed by atoms with Crippen LogP contribution in [0.2, 0.25) is 0 Å². The van der Waals surface area contributed by atoms with Gasteiger partial charge in [0.05, 0.1) is 5.75 Å². The molecule has 1 rings (SSSR count). The molecule has 0 aliphatic carbocycles. The Morgan fingerprint density at radius 1 is 1.21 bits per heavy atom. The van der Waals surface area contributed by atoms with Crippen molar-refractivity contribution in [2.45, 2.75) is 19.0 Å². The first-order valence-corrected chi connectivity index (χ1v) is 6.63. The summed E-state index contributed by atoms with van der Waals surface area (Å²) < 4.78 is 85.4. The molecule has 0 aliphatic heterocycles. The van der Waals surface area contributed by atoms with Crippen molar-refractivity contribution in [3.05, 3.63) is 24.0 Å². The number of hydrogen-bond acceptors (Lipinski definition) is 3. The van der Waals surface area contributed by atoms with Gasteiger partial charge in [-0.15, -0.1) is 0 Å². The quantitative estimate of drug-likeness (QED) is 0.671. The molecule has 0 saturated heterocycles. The Morgan fingerprint density at radius 3 is 2.37 bits per heavy atom. The summed E-state index contributed by atoms with van der Waals surface area (Å²) in [6.07, 6.45) is -6.38. The number of hydrogen-bond donors (Lipinski definition) is 1. The summed E-state index contributed by atoms with van der Waals surface area (Å²) in [6, 6.07) is 1.51. The van der Waals surface area contributed by atoms with Crippen molar-refractivity contribution in [1.82, 2.24) is 4.98 Å². The van der Waals surface area contributed by atoms with Gasteiger partial charge in [-0.1, -0.05) is 0 Å². The number of pyridine rings is 1. The number of halogens is 5. The number of anilines is 1. The average Bonchev–Trinajstić information content (AvgIpc) is 2.20. The Balaban J connectivity index is 2.64. The molecule has 1 heterocycles. The van der Waals surface area contributed by atoms with Crippen molar-refractivity contribution >= 4 is 15.7 Å². The van der Waals surface area contributed by atoms with Gasteiger partial charge in [0.15, 0.2) is 0 Å². The summed E-state index contributed by atoms with van der Waals surface area (Å²) in [5, 5.41) is 0. The average molecular weight is 304 g/mol. The van der Waals surface area contributed by atoms with Crippen LogP contribution in [-0.4, -0.2) is 25.3 Å². The second-order valence-electron chi connectivity index (χ2n) is 3.61. The van der Waals surface area contributed by atoms with Gasteiger partial charge in [-0.25, -0.2) is 8.42 Å². The highest BCUT2D eigenvalue weighted by Crippen LogP contribution is 2.22. The highest BCUT2D eigenvalue weighted by molar-refractivity contribution is 7.92. The van der Waals surface area contributed by atoms with Crippen LogP contribution in [0.25, 0.3) is 0 Å². The van der Waals surface area contributed by atoms with Crippen LogP contribution in [-0.2, 0) is 10.0 Å². The minimum Gasteiger partial charge on any atom is -0.279 e. The standard InChI is InChI=1S/C9H9F5N2O2S/c10-7-3-2-6(8(11)15-7)16-19(17,18)5-1-4-9(12,13)14/h2-3,16H,1,4-5H2. The molecule has 1 N–H and O–H groups in total. The van der Waals surface area contributed by atoms with Crippen molar-refractivity contribution in [1.29, 1.82) is 0 Å². The Morgan fingerprint density at radius 2 is 1.84 bits per heavy atom. The molecule has 0 atom stereocenters. The lowest BCUT2D eigenvalue weighted by atomic mass is 10.3. The minimum absolute atomic E-state index is 0.617. The SMILES string of the molecule is O=S(=O)(CCCC(F)(F)F)Nc1ccc(F)nc1F. The van der Waals surface area contributed by atoms with E-state index in [1.54, 1.807) is 4.72 Å². The molecule has 1 aromatic rings. The molecule has 0 saturated carbocycles. The number of sulfonamides is 1. The summed E-state index contributed by atoms with van der Waals surface area (Å²) in [5.41, 5.74) is -0.617. The molecule has 0 aliphatic rings. The van der Waals surface area contributed by atoms with Gasteiger partial charge in [0.25, 0.3) is 0 Å². The van der Waals surface area contributed by atoms with Crippen LogP contribution in [0.4, 0.5) is 27.6 Å². The third-order valence-corrected chi connectivity index (χ3v) is 3.31. The molecule has 0 amide bonds. The van der Waals surface area contributed by atoms with E-state index in [2.05, 4.69) is 4.98 Å². The van der Waals surface area contributed by atoms with E-state index in [4.69, 9.17) is 0 Å². The Bertz CT molecular complexity index is 544. The molecule has 0 unspecified atom stereocenters. The summed E-state index contributed by atoms with van der Waals surface area (Å²) in [4.78, 5) is 2.74. The molecule has 0 radical (unpaired) electrons. The van der Waals surface area contributed by atoms with Gasteiger partial charge >= 0.3 is 6.18 Å². The summed E-state index contributed by atoms with van der Waals surface area (Å²) in [7, 11) is -4.14. The first kappa shape index (κ1) is 15.6. The fourth-order valence-corrected chi connectivity index (χ4v) is 2.28. The zero-order chi connectivity index (χ0) is 14.7. The fourth-order valence-electron chi connectivity index (χ4n) is 1.17. The van der Waals surface area contributed by atoms with Gasteiger partial charge in [-0.3, -0.25) is 4.72 Å². The number of nitrogens with one attached hydrogen (secondary N) is 1. The molecule has 10 heteroatoms. The molecule has 0 fully saturated rings. The van der Waals surface area contributed by atoms with E-state index < -0.39 is 52.4 Å². The Hall–Kier alpha value is -1.45. The first-order chi connectivity index (χ1) is 8.59. The highest BCUT2D eigenvalue weighted by Gasteiger charge is 2.27. The minimum atomic E-state index is -4.46. The molecular weight excluding hydrogens is 295 g/mol. The van der Waals surface area contributed by atoms with Gasteiger partial charge in [-0.05, 0) is 18.6 Å². The number of nitrogens with zero attached hydrogens (tertiary/aromatic N) is 1. The smallest absolute Gasteiger partial charge is 0.279 e. The molecule has 0 bridgehead atoms. The van der Waals surface area contributed by atoms with Crippen molar-refractivity contribution < 1.29 is 30.4 Å². The van der Waals surface area contributed by atoms with Gasteiger partial charge in [-0.2, -0.15) is 26.9 Å². The van der Waals surface area contributed by atoms with Crippen LogP contribution >= 0.6 is 0 Å². The van der Waals surface area contributed by atoms with Gasteiger partial charge in [0.2, 0.25) is 21.9 Å². The molecule has 108 valence electrons. The summed E-state index contributed by atoms with van der Waals surface area (Å²) in [5.74, 6) is -3.36. The van der Waals surface area contributed by atoms with Crippen LogP contribution in [0.1, 0.15) is 12.8 Å². The van der Waals surface area contributed by atoms with Crippen LogP contribution in [0.15, 0.2) is 12.1 Å². The lowest BCUT2D eigenvalue weighted by Crippen LogP contribution is -2.19. The number of rotatable bonds is 5. The molecule has 19 heavy (non-hydrogen) atoms. The van der Waals surface area contributed by atoms with Crippen molar-refractivity contribution in [3.63, 3.8) is 0 Å². The maximum Gasteiger partial charge on any atom is 0.389 e. The van der Waals surface area contributed by atoms with E-state index in [-0.39, 0.29) is 0 Å². The molecule has 1 aromatic heterocycles. The van der Waals surface area contributed by atoms with E-state index >= 15 is 0 Å². The fraction of sp³-hybridized carbons (Fsp3) is 0.444. The first-order valence-electron chi connectivity index (χ1n) is 4.98. The summed E-state index contributed by atoms with van der Waals surface area (Å²) in [6.45, 7) is 0. The van der Waals surface area contributed by atoms with E-state index in [9.17, 15) is 30.4 Å². The maximum absolute atomic E-state index is 13.0. The Kier molecular flexibility index (Phi) is 4.66. The predicted molar refractivity (Wildman–Crippen MR) is 56.9 cm³/mol. The lowest BCUT2D eigenvalue weighted by molar-refractivity contribution is -0.134. The second kappa shape index (κ2) is 5.68. The van der Waals surface area contributed by atoms with E-state index in [0.29, 0.717) is 0 Å². The van der Waals surface area contributed by atoms with Gasteiger partial charge in [0.1, 0.15) is 5.69 Å². The zero-order valence-electron chi connectivity index (χ0n) is 9.34. The topological polar surface area (TPSA) is 59.1 Å². The highest BCUT2D eigenvalue weighted by atomic mass is 32.2. The number of alkyl halides is 3. The van der Waals surface area contributed by atoms with E-state index in [1.807, 2.05) is 0 Å². The third-order valence-electron chi connectivity index (χ3n) is 1.95. The molecular formula is C9H9F5N2O2S. The molecule has 0 spiro atoms. The van der Waals surface area contributed by atoms with Crippen LogP contribution < -0.4 is 4.72 Å². The zero-order valence-corrected chi connectivity index (χ0v) is 10.2. The molecule has 0 aromatic carbocycles. The van der Waals surface area contributed by atoms with Crippen LogP contribution in [0, 0.1) is 11.9 Å². The normalized spacial score (nSPS) is 12.5. The monoisotopic (exact) mass is 304 g/mol. The molecule has 4 nitrogen and oxygen atoms in total. The largest absolute Gasteiger partial charge is 0.389 e. The van der Waals surface area contributed by atoms with Crippen molar-refractivity contribution in [2.75, 3.05) is 10.5 Å². The number of aromatic nitrogens is 1. The van der Waals surface area contributed by atoms with E-state index in [0.717, 1.165) is 12.1 Å². The van der Waals surface area contributed by atoms with Gasteiger partial charge in [0, 0.05) is 6.42 Å². The Labute approximate surface area is 105 Å². The van der Waals surface area contributed by atoms with Crippen molar-refractivity contribution in [2.24, 2.45) is 0 Å². The lowest BCUT2D eigenvalue weighted by Gasteiger charge is -2.09. The third kappa shape index (κ3) is 5.81. The van der Waals surface area contributed by atoms with E-state index in [1.165, 1.54) is 0 Å². The maximum atomic E-state index is 13.0. The summed E-state index contributed by atoms with van der Waals surface area (Å²) >= 11 is 0. The second-order valence-corrected chi connectivity index (χ2v) is 5.45. The van der Waals surface area contributed by atoms with Crippen molar-refractivity contribution in [3.8, 4) is 0 Å². The van der Waals surface area contributed by atoms with Crippen LogP contribution in [0.3, 0.4) is 0 Å². The predicted octanol–water partition coefficient (Wildman–Crippen LogP) is 2.44. The van der Waals surface area contributed by atoms with Crippen LogP contribution in [0.5, 0.6) is 0 Å². The van der Waals surface area contributed by atoms with Gasteiger partial charge < -0.3 is 0 Å².